The maximum absolute atomic E-state index is 6.14. The van der Waals surface area contributed by atoms with Gasteiger partial charge in [0, 0.05) is 10.7 Å². The standard InChI is InChI=1S/C16H19ClN4O/c17-11-5-4-6-12(9-11)21-15-14(18)16(20-10-19-15)22-13-7-2-1-3-8-13/h4-6,9-10,13H,1-3,7-8,18H2,(H,19,20,21). The van der Waals surface area contributed by atoms with Gasteiger partial charge < -0.3 is 15.8 Å². The van der Waals surface area contributed by atoms with Crippen molar-refractivity contribution < 1.29 is 4.74 Å². The number of halogens is 1. The van der Waals surface area contributed by atoms with E-state index in [0.717, 1.165) is 18.5 Å². The molecule has 0 amide bonds. The highest BCUT2D eigenvalue weighted by atomic mass is 35.5. The molecular weight excluding hydrogens is 300 g/mol. The third kappa shape index (κ3) is 3.60. The molecule has 116 valence electrons. The van der Waals surface area contributed by atoms with Gasteiger partial charge in [-0.15, -0.1) is 0 Å². The molecule has 0 atom stereocenters. The number of nitrogens with zero attached hydrogens (tertiary/aromatic N) is 2. The van der Waals surface area contributed by atoms with Gasteiger partial charge in [-0.2, -0.15) is 4.98 Å². The van der Waals surface area contributed by atoms with Crippen LogP contribution < -0.4 is 15.8 Å². The lowest BCUT2D eigenvalue weighted by Crippen LogP contribution is -2.21. The maximum Gasteiger partial charge on any atom is 0.242 e. The number of nitrogens with one attached hydrogen (secondary N) is 1. The van der Waals surface area contributed by atoms with E-state index in [1.165, 1.54) is 25.6 Å². The van der Waals surface area contributed by atoms with Gasteiger partial charge in [-0.3, -0.25) is 0 Å². The zero-order chi connectivity index (χ0) is 15.4. The Bertz CT molecular complexity index is 644. The van der Waals surface area contributed by atoms with E-state index in [9.17, 15) is 0 Å². The zero-order valence-corrected chi connectivity index (χ0v) is 13.0. The van der Waals surface area contributed by atoms with Crippen molar-refractivity contribution in [2.24, 2.45) is 0 Å². The Labute approximate surface area is 134 Å². The first-order valence-electron chi connectivity index (χ1n) is 7.52. The average Bonchev–Trinajstić information content (AvgIpc) is 2.52. The van der Waals surface area contributed by atoms with Crippen LogP contribution in [0.15, 0.2) is 30.6 Å². The van der Waals surface area contributed by atoms with Crippen molar-refractivity contribution in [2.45, 2.75) is 38.2 Å². The molecular formula is C16H19ClN4O. The highest BCUT2D eigenvalue weighted by Crippen LogP contribution is 2.31. The average molecular weight is 319 g/mol. The van der Waals surface area contributed by atoms with E-state index < -0.39 is 0 Å². The Balaban J connectivity index is 1.76. The van der Waals surface area contributed by atoms with Crippen LogP contribution in [-0.4, -0.2) is 16.1 Å². The van der Waals surface area contributed by atoms with E-state index in [1.807, 2.05) is 24.3 Å². The highest BCUT2D eigenvalue weighted by molar-refractivity contribution is 6.30. The summed E-state index contributed by atoms with van der Waals surface area (Å²) in [6, 6.07) is 7.38. The van der Waals surface area contributed by atoms with E-state index in [1.54, 1.807) is 0 Å². The first-order chi connectivity index (χ1) is 10.7. The molecule has 1 saturated carbocycles. The minimum Gasteiger partial charge on any atom is -0.473 e. The molecule has 1 aromatic heterocycles. The van der Waals surface area contributed by atoms with Crippen LogP contribution in [0.25, 0.3) is 0 Å². The van der Waals surface area contributed by atoms with Crippen LogP contribution in [0.1, 0.15) is 32.1 Å². The van der Waals surface area contributed by atoms with Crippen molar-refractivity contribution in [1.29, 1.82) is 0 Å². The molecule has 0 spiro atoms. The van der Waals surface area contributed by atoms with Crippen LogP contribution in [0.2, 0.25) is 5.02 Å². The van der Waals surface area contributed by atoms with Crippen LogP contribution in [0.5, 0.6) is 5.88 Å². The van der Waals surface area contributed by atoms with Crippen molar-refractivity contribution in [2.75, 3.05) is 11.1 Å². The lowest BCUT2D eigenvalue weighted by atomic mass is 9.98. The summed E-state index contributed by atoms with van der Waals surface area (Å²) in [4.78, 5) is 8.35. The number of benzene rings is 1. The van der Waals surface area contributed by atoms with E-state index in [4.69, 9.17) is 22.1 Å². The predicted molar refractivity (Wildman–Crippen MR) is 88.7 cm³/mol. The SMILES string of the molecule is Nc1c(Nc2cccc(Cl)c2)ncnc1OC1CCCCC1. The summed E-state index contributed by atoms with van der Waals surface area (Å²) < 4.78 is 5.95. The smallest absolute Gasteiger partial charge is 0.242 e. The van der Waals surface area contributed by atoms with Gasteiger partial charge >= 0.3 is 0 Å². The molecule has 2 aromatic rings. The topological polar surface area (TPSA) is 73.1 Å². The van der Waals surface area contributed by atoms with Gasteiger partial charge in [0.1, 0.15) is 18.1 Å². The molecule has 1 heterocycles. The fraction of sp³-hybridized carbons (Fsp3) is 0.375. The molecule has 3 rings (SSSR count). The van der Waals surface area contributed by atoms with Crippen LogP contribution in [-0.2, 0) is 0 Å². The molecule has 0 aliphatic heterocycles. The molecule has 0 radical (unpaired) electrons. The fourth-order valence-corrected chi connectivity index (χ4v) is 2.81. The second kappa shape index (κ2) is 6.83. The molecule has 0 bridgehead atoms. The van der Waals surface area contributed by atoms with Crippen molar-refractivity contribution >= 4 is 28.8 Å². The summed E-state index contributed by atoms with van der Waals surface area (Å²) in [5, 5.41) is 3.80. The number of ether oxygens (including phenoxy) is 1. The molecule has 6 heteroatoms. The molecule has 0 saturated heterocycles. The number of hydrogen-bond acceptors (Lipinski definition) is 5. The molecule has 1 aromatic carbocycles. The van der Waals surface area contributed by atoms with E-state index in [-0.39, 0.29) is 6.10 Å². The Morgan fingerprint density at radius 1 is 1.18 bits per heavy atom. The Hall–Kier alpha value is -2.01. The largest absolute Gasteiger partial charge is 0.473 e. The van der Waals surface area contributed by atoms with Gasteiger partial charge in [-0.05, 0) is 43.9 Å². The minimum absolute atomic E-state index is 0.199. The van der Waals surface area contributed by atoms with Crippen molar-refractivity contribution in [3.63, 3.8) is 0 Å². The van der Waals surface area contributed by atoms with E-state index in [2.05, 4.69) is 15.3 Å². The monoisotopic (exact) mass is 318 g/mol. The second-order valence-corrected chi connectivity index (χ2v) is 5.89. The molecule has 3 N–H and O–H groups in total. The van der Waals surface area contributed by atoms with Gasteiger partial charge in [-0.1, -0.05) is 24.1 Å². The number of hydrogen-bond donors (Lipinski definition) is 2. The lowest BCUT2D eigenvalue weighted by Gasteiger charge is -2.23. The normalized spacial score (nSPS) is 15.5. The number of nitrogens with two attached hydrogens (primary N) is 1. The first-order valence-corrected chi connectivity index (χ1v) is 7.90. The quantitative estimate of drug-likeness (QED) is 0.885. The third-order valence-electron chi connectivity index (χ3n) is 3.77. The summed E-state index contributed by atoms with van der Waals surface area (Å²) in [6.07, 6.45) is 7.44. The molecule has 1 aliphatic rings. The first kappa shape index (κ1) is 14.9. The zero-order valence-electron chi connectivity index (χ0n) is 12.3. The number of anilines is 3. The summed E-state index contributed by atoms with van der Waals surface area (Å²) in [5.74, 6) is 0.981. The van der Waals surface area contributed by atoms with Crippen LogP contribution in [0.3, 0.4) is 0 Å². The third-order valence-corrected chi connectivity index (χ3v) is 4.00. The van der Waals surface area contributed by atoms with Gasteiger partial charge in [-0.25, -0.2) is 4.98 Å². The maximum atomic E-state index is 6.14. The van der Waals surface area contributed by atoms with Crippen molar-refractivity contribution in [3.05, 3.63) is 35.6 Å². The Kier molecular flexibility index (Phi) is 4.63. The Morgan fingerprint density at radius 2 is 2.00 bits per heavy atom. The summed E-state index contributed by atoms with van der Waals surface area (Å²) in [6.45, 7) is 0. The highest BCUT2D eigenvalue weighted by Gasteiger charge is 2.18. The van der Waals surface area contributed by atoms with Gasteiger partial charge in [0.15, 0.2) is 5.82 Å². The van der Waals surface area contributed by atoms with E-state index in [0.29, 0.717) is 22.4 Å². The molecule has 1 fully saturated rings. The van der Waals surface area contributed by atoms with Crippen molar-refractivity contribution in [1.82, 2.24) is 9.97 Å². The summed E-state index contributed by atoms with van der Waals surface area (Å²) in [5.41, 5.74) is 7.39. The van der Waals surface area contributed by atoms with Gasteiger partial charge in [0.25, 0.3) is 0 Å². The van der Waals surface area contributed by atoms with Gasteiger partial charge in [0.2, 0.25) is 5.88 Å². The van der Waals surface area contributed by atoms with Crippen LogP contribution in [0.4, 0.5) is 17.2 Å². The fourth-order valence-electron chi connectivity index (χ4n) is 2.62. The van der Waals surface area contributed by atoms with Crippen LogP contribution in [0, 0.1) is 0 Å². The molecule has 0 unspecified atom stereocenters. The molecule has 1 aliphatic carbocycles. The van der Waals surface area contributed by atoms with Crippen LogP contribution >= 0.6 is 11.6 Å². The predicted octanol–water partition coefficient (Wildman–Crippen LogP) is 4.17. The Morgan fingerprint density at radius 3 is 2.77 bits per heavy atom. The molecule has 5 nitrogen and oxygen atoms in total. The summed E-state index contributed by atoms with van der Waals surface area (Å²) >= 11 is 5.98. The lowest BCUT2D eigenvalue weighted by molar-refractivity contribution is 0.149. The number of nitrogen functional groups attached to an aromatic ring is 1. The minimum atomic E-state index is 0.199. The van der Waals surface area contributed by atoms with Crippen molar-refractivity contribution in [3.8, 4) is 5.88 Å². The second-order valence-electron chi connectivity index (χ2n) is 5.45. The number of rotatable bonds is 4. The van der Waals surface area contributed by atoms with Gasteiger partial charge in [0.05, 0.1) is 0 Å². The van der Waals surface area contributed by atoms with E-state index >= 15 is 0 Å². The number of aromatic nitrogens is 2. The summed E-state index contributed by atoms with van der Waals surface area (Å²) in [7, 11) is 0. The molecule has 22 heavy (non-hydrogen) atoms.